The molecule has 2 saturated carbocycles. The van der Waals surface area contributed by atoms with Gasteiger partial charge in [-0.15, -0.1) is 0 Å². The van der Waals surface area contributed by atoms with Crippen molar-refractivity contribution in [3.63, 3.8) is 0 Å². The first kappa shape index (κ1) is 19.3. The summed E-state index contributed by atoms with van der Waals surface area (Å²) in [7, 11) is 0. The van der Waals surface area contributed by atoms with Crippen molar-refractivity contribution in [2.45, 2.75) is 64.2 Å². The van der Waals surface area contributed by atoms with Crippen LogP contribution >= 0.6 is 0 Å². The van der Waals surface area contributed by atoms with E-state index in [1.54, 1.807) is 0 Å². The molecule has 142 valence electrons. The van der Waals surface area contributed by atoms with Crippen LogP contribution in [0.2, 0.25) is 0 Å². The lowest BCUT2D eigenvalue weighted by Gasteiger charge is -2.37. The van der Waals surface area contributed by atoms with Crippen LogP contribution < -0.4 is 0 Å². The van der Waals surface area contributed by atoms with E-state index in [1.165, 1.54) is 37.8 Å². The first-order valence-electron chi connectivity index (χ1n) is 10.0. The van der Waals surface area contributed by atoms with Crippen LogP contribution in [0.3, 0.4) is 0 Å². The van der Waals surface area contributed by atoms with Gasteiger partial charge in [0.2, 0.25) is 0 Å². The van der Waals surface area contributed by atoms with Crippen LogP contribution in [-0.2, 0) is 0 Å². The molecule has 0 radical (unpaired) electrons. The average Bonchev–Trinajstić information content (AvgIpc) is 2.67. The number of allylic oxidation sites excluding steroid dienone is 4. The smallest absolute Gasteiger partial charge is 0.194 e. The van der Waals surface area contributed by atoms with Gasteiger partial charge in [0.05, 0.1) is 0 Å². The molecule has 3 heteroatoms. The van der Waals surface area contributed by atoms with Crippen LogP contribution in [-0.4, -0.2) is 0 Å². The van der Waals surface area contributed by atoms with E-state index in [9.17, 15) is 13.2 Å². The van der Waals surface area contributed by atoms with Gasteiger partial charge in [-0.25, -0.2) is 13.2 Å². The lowest BCUT2D eigenvalue weighted by atomic mass is 9.68. The minimum Gasteiger partial charge on any atom is -0.204 e. The van der Waals surface area contributed by atoms with Gasteiger partial charge in [-0.2, -0.15) is 0 Å². The van der Waals surface area contributed by atoms with E-state index in [0.717, 1.165) is 37.5 Å². The van der Waals surface area contributed by atoms with Crippen molar-refractivity contribution in [1.82, 2.24) is 0 Å². The summed E-state index contributed by atoms with van der Waals surface area (Å²) in [6.45, 7) is 2.03. The molecule has 2 aliphatic rings. The summed E-state index contributed by atoms with van der Waals surface area (Å²) in [5.41, 5.74) is 0.623. The Morgan fingerprint density at radius 2 is 1.31 bits per heavy atom. The molecule has 0 spiro atoms. The van der Waals surface area contributed by atoms with E-state index in [0.29, 0.717) is 11.5 Å². The standard InChI is InChI=1S/C23H29F3/c1-2-3-4-5-16-6-8-17(9-7-16)18-10-12-19(13-11-18)20-14-21(24)23(26)22(25)15-20/h2-5,14-19H,6-13H2,1H3/b3-2+,5-4+. The van der Waals surface area contributed by atoms with Crippen molar-refractivity contribution in [3.8, 4) is 0 Å². The second kappa shape index (κ2) is 8.92. The minimum absolute atomic E-state index is 0.163. The van der Waals surface area contributed by atoms with Gasteiger partial charge in [-0.1, -0.05) is 24.3 Å². The van der Waals surface area contributed by atoms with E-state index in [-0.39, 0.29) is 5.92 Å². The first-order chi connectivity index (χ1) is 12.6. The Balaban J connectivity index is 1.50. The molecule has 3 rings (SSSR count). The van der Waals surface area contributed by atoms with E-state index in [2.05, 4.69) is 24.3 Å². The van der Waals surface area contributed by atoms with Gasteiger partial charge in [0.25, 0.3) is 0 Å². The maximum absolute atomic E-state index is 13.5. The Bertz CT molecular complexity index is 622. The Morgan fingerprint density at radius 1 is 0.769 bits per heavy atom. The molecule has 2 aliphatic carbocycles. The number of halogens is 3. The summed E-state index contributed by atoms with van der Waals surface area (Å²) >= 11 is 0. The van der Waals surface area contributed by atoms with Gasteiger partial charge in [0.1, 0.15) is 0 Å². The van der Waals surface area contributed by atoms with Gasteiger partial charge >= 0.3 is 0 Å². The van der Waals surface area contributed by atoms with E-state index in [1.807, 2.05) is 6.92 Å². The Morgan fingerprint density at radius 3 is 1.85 bits per heavy atom. The molecular formula is C23H29F3. The Kier molecular flexibility index (Phi) is 6.61. The van der Waals surface area contributed by atoms with E-state index in [4.69, 9.17) is 0 Å². The molecule has 0 saturated heterocycles. The van der Waals surface area contributed by atoms with Gasteiger partial charge in [-0.05, 0) is 99.7 Å². The molecule has 1 aromatic rings. The number of hydrogen-bond donors (Lipinski definition) is 0. The SMILES string of the molecule is C/C=C/C=C/C1CCC(C2CCC(c3cc(F)c(F)c(F)c3)CC2)CC1. The van der Waals surface area contributed by atoms with Crippen molar-refractivity contribution in [3.05, 3.63) is 59.5 Å². The predicted octanol–water partition coefficient (Wildman–Crippen LogP) is 7.32. The molecule has 0 aromatic heterocycles. The molecule has 0 unspecified atom stereocenters. The fourth-order valence-electron chi connectivity index (χ4n) is 4.88. The van der Waals surface area contributed by atoms with Crippen LogP contribution in [0.4, 0.5) is 13.2 Å². The molecule has 1 aromatic carbocycles. The Hall–Kier alpha value is -1.51. The summed E-state index contributed by atoms with van der Waals surface area (Å²) in [4.78, 5) is 0. The highest BCUT2D eigenvalue weighted by atomic mass is 19.2. The predicted molar refractivity (Wildman–Crippen MR) is 100 cm³/mol. The van der Waals surface area contributed by atoms with Gasteiger partial charge in [0.15, 0.2) is 17.5 Å². The molecule has 0 nitrogen and oxygen atoms in total. The number of hydrogen-bond acceptors (Lipinski definition) is 0. The summed E-state index contributed by atoms with van der Waals surface area (Å²) in [5.74, 6) is -1.08. The highest BCUT2D eigenvalue weighted by molar-refractivity contribution is 5.23. The third kappa shape index (κ3) is 4.61. The van der Waals surface area contributed by atoms with E-state index < -0.39 is 17.5 Å². The fraction of sp³-hybridized carbons (Fsp3) is 0.565. The number of rotatable bonds is 4. The summed E-state index contributed by atoms with van der Waals surface area (Å²) in [6, 6.07) is 2.37. The summed E-state index contributed by atoms with van der Waals surface area (Å²) in [5, 5.41) is 0. The third-order valence-electron chi connectivity index (χ3n) is 6.42. The van der Waals surface area contributed by atoms with Crippen LogP contribution in [0.1, 0.15) is 69.8 Å². The molecule has 26 heavy (non-hydrogen) atoms. The normalized spacial score (nSPS) is 30.3. The van der Waals surface area contributed by atoms with E-state index >= 15 is 0 Å². The van der Waals surface area contributed by atoms with Crippen molar-refractivity contribution in [2.24, 2.45) is 17.8 Å². The van der Waals surface area contributed by atoms with Gasteiger partial charge in [-0.3, -0.25) is 0 Å². The molecule has 0 bridgehead atoms. The monoisotopic (exact) mass is 362 g/mol. The molecule has 2 fully saturated rings. The minimum atomic E-state index is -1.36. The maximum atomic E-state index is 13.5. The number of benzene rings is 1. The quantitative estimate of drug-likeness (QED) is 0.389. The zero-order chi connectivity index (χ0) is 18.5. The molecular weight excluding hydrogens is 333 g/mol. The first-order valence-corrected chi connectivity index (χ1v) is 10.0. The van der Waals surface area contributed by atoms with Crippen LogP contribution in [0.15, 0.2) is 36.4 Å². The van der Waals surface area contributed by atoms with Gasteiger partial charge < -0.3 is 0 Å². The lowest BCUT2D eigenvalue weighted by Crippen LogP contribution is -2.25. The lowest BCUT2D eigenvalue weighted by molar-refractivity contribution is 0.171. The largest absolute Gasteiger partial charge is 0.204 e. The zero-order valence-corrected chi connectivity index (χ0v) is 15.6. The maximum Gasteiger partial charge on any atom is 0.194 e. The highest BCUT2D eigenvalue weighted by Crippen LogP contribution is 2.44. The van der Waals surface area contributed by atoms with Crippen LogP contribution in [0.25, 0.3) is 0 Å². The second-order valence-electron chi connectivity index (χ2n) is 8.00. The summed E-state index contributed by atoms with van der Waals surface area (Å²) in [6.07, 6.45) is 17.9. The molecule has 0 aliphatic heterocycles. The zero-order valence-electron chi connectivity index (χ0n) is 15.6. The third-order valence-corrected chi connectivity index (χ3v) is 6.42. The van der Waals surface area contributed by atoms with Crippen molar-refractivity contribution >= 4 is 0 Å². The second-order valence-corrected chi connectivity index (χ2v) is 8.00. The highest BCUT2D eigenvalue weighted by Gasteiger charge is 2.31. The molecule has 0 atom stereocenters. The average molecular weight is 362 g/mol. The molecule has 0 heterocycles. The van der Waals surface area contributed by atoms with Crippen LogP contribution in [0.5, 0.6) is 0 Å². The summed E-state index contributed by atoms with van der Waals surface area (Å²) < 4.78 is 40.1. The fourth-order valence-corrected chi connectivity index (χ4v) is 4.88. The van der Waals surface area contributed by atoms with Crippen LogP contribution in [0, 0.1) is 35.2 Å². The topological polar surface area (TPSA) is 0 Å². The Labute approximate surface area is 155 Å². The van der Waals surface area contributed by atoms with Crippen molar-refractivity contribution in [2.75, 3.05) is 0 Å². The molecule has 0 N–H and O–H groups in total. The van der Waals surface area contributed by atoms with Crippen molar-refractivity contribution < 1.29 is 13.2 Å². The molecule has 0 amide bonds. The van der Waals surface area contributed by atoms with Gasteiger partial charge in [0, 0.05) is 0 Å². The van der Waals surface area contributed by atoms with Crippen molar-refractivity contribution in [1.29, 1.82) is 0 Å².